The Morgan fingerprint density at radius 2 is 1.30 bits per heavy atom. The highest BCUT2D eigenvalue weighted by Crippen LogP contribution is 2.35. The van der Waals surface area contributed by atoms with Crippen molar-refractivity contribution in [2.45, 2.75) is 0 Å². The molecule has 108 valence electrons. The number of rotatable bonds is 2. The van der Waals surface area contributed by atoms with Gasteiger partial charge in [-0.3, -0.25) is 0 Å². The molecule has 0 atom stereocenters. The number of para-hydroxylation sites is 2. The second kappa shape index (κ2) is 5.44. The molecule has 0 saturated carbocycles. The van der Waals surface area contributed by atoms with Gasteiger partial charge < -0.3 is 0 Å². The Hall–Kier alpha value is -3.36. The first-order valence-corrected chi connectivity index (χ1v) is 7.30. The summed E-state index contributed by atoms with van der Waals surface area (Å²) in [5, 5.41) is 5.86. The lowest BCUT2D eigenvalue weighted by Crippen LogP contribution is -1.88. The first kappa shape index (κ1) is 13.3. The second-order valence-electron chi connectivity index (χ2n) is 5.26. The van der Waals surface area contributed by atoms with Gasteiger partial charge in [0.05, 0.1) is 11.0 Å². The minimum Gasteiger partial charge on any atom is -0.248 e. The van der Waals surface area contributed by atoms with Crippen LogP contribution in [0.4, 0.5) is 5.69 Å². The molecule has 0 spiro atoms. The Morgan fingerprint density at radius 3 is 1.87 bits per heavy atom. The first-order valence-electron chi connectivity index (χ1n) is 7.30. The van der Waals surface area contributed by atoms with E-state index in [0.29, 0.717) is 5.69 Å². The molecule has 4 heteroatoms. The normalized spacial score (nSPS) is 10.6. The van der Waals surface area contributed by atoms with Gasteiger partial charge in [0.25, 0.3) is 0 Å². The maximum atomic E-state index is 8.54. The van der Waals surface area contributed by atoms with E-state index < -0.39 is 0 Å². The Labute approximate surface area is 132 Å². The van der Waals surface area contributed by atoms with Crippen LogP contribution in [0.3, 0.4) is 0 Å². The van der Waals surface area contributed by atoms with Gasteiger partial charge in [-0.2, -0.15) is 0 Å². The van der Waals surface area contributed by atoms with Gasteiger partial charge in [-0.05, 0) is 23.2 Å². The van der Waals surface area contributed by atoms with Gasteiger partial charge in [0.15, 0.2) is 0 Å². The fourth-order valence-corrected chi connectivity index (χ4v) is 2.90. The lowest BCUT2D eigenvalue weighted by Gasteiger charge is -2.11. The molecule has 4 aromatic rings. The molecule has 0 radical (unpaired) electrons. The number of pyridine rings is 1. The predicted molar refractivity (Wildman–Crippen MR) is 93.5 cm³/mol. The van der Waals surface area contributed by atoms with Gasteiger partial charge in [-0.15, -0.1) is 0 Å². The largest absolute Gasteiger partial charge is 0.248 e. The average molecular weight is 296 g/mol. The highest BCUT2D eigenvalue weighted by atomic mass is 15.1. The van der Waals surface area contributed by atoms with E-state index in [1.165, 1.54) is 0 Å². The maximum Gasteiger partial charge on any atom is 0.0715 e. The zero-order valence-corrected chi connectivity index (χ0v) is 12.2. The summed E-state index contributed by atoms with van der Waals surface area (Å²) in [6.07, 6.45) is 0. The van der Waals surface area contributed by atoms with Crippen LogP contribution in [-0.2, 0) is 0 Å². The monoisotopic (exact) mass is 296 g/mol. The average Bonchev–Trinajstić information content (AvgIpc) is 2.61. The van der Waals surface area contributed by atoms with Crippen molar-refractivity contribution in [1.82, 2.24) is 4.98 Å². The summed E-state index contributed by atoms with van der Waals surface area (Å²) in [6.45, 7) is 0. The molecule has 1 aromatic heterocycles. The summed E-state index contributed by atoms with van der Waals surface area (Å²) in [5.41, 5.74) is 13.3. The van der Waals surface area contributed by atoms with Gasteiger partial charge in [-0.1, -0.05) is 65.8 Å². The molecule has 0 fully saturated rings. The summed E-state index contributed by atoms with van der Waals surface area (Å²) in [5.74, 6) is 0. The molecule has 23 heavy (non-hydrogen) atoms. The summed E-state index contributed by atoms with van der Waals surface area (Å²) >= 11 is 0. The molecule has 4 nitrogen and oxygen atoms in total. The van der Waals surface area contributed by atoms with Gasteiger partial charge in [0.2, 0.25) is 0 Å². The van der Waals surface area contributed by atoms with Crippen molar-refractivity contribution < 1.29 is 0 Å². The van der Waals surface area contributed by atoms with Crippen molar-refractivity contribution >= 4 is 27.5 Å². The van der Waals surface area contributed by atoms with E-state index in [9.17, 15) is 0 Å². The van der Waals surface area contributed by atoms with Crippen LogP contribution in [0, 0.1) is 0 Å². The van der Waals surface area contributed by atoms with Crippen molar-refractivity contribution in [3.63, 3.8) is 0 Å². The summed E-state index contributed by atoms with van der Waals surface area (Å²) < 4.78 is 0. The van der Waals surface area contributed by atoms with Crippen LogP contribution in [0.15, 0.2) is 77.9 Å². The predicted octanol–water partition coefficient (Wildman–Crippen LogP) is 6.00. The van der Waals surface area contributed by atoms with Crippen LogP contribution in [0.1, 0.15) is 0 Å². The van der Waals surface area contributed by atoms with Crippen molar-refractivity contribution in [3.05, 3.63) is 83.2 Å². The summed E-state index contributed by atoms with van der Waals surface area (Å²) in [6, 6.07) is 23.9. The minimum atomic E-state index is 0.610. The molecule has 0 N–H and O–H groups in total. The fraction of sp³-hybridized carbons (Fsp3) is 0. The van der Waals surface area contributed by atoms with Crippen LogP contribution in [0.25, 0.3) is 43.4 Å². The molecule has 3 aromatic carbocycles. The van der Waals surface area contributed by atoms with Crippen LogP contribution < -0.4 is 0 Å². The Morgan fingerprint density at radius 1 is 0.739 bits per heavy atom. The smallest absolute Gasteiger partial charge is 0.0715 e. The quantitative estimate of drug-likeness (QED) is 0.194. The fourth-order valence-electron chi connectivity index (χ4n) is 2.90. The SMILES string of the molecule is [N-]=[N+]=Nc1ccc(-c2c3ccccc3nc3ccccc23)cc1. The van der Waals surface area contributed by atoms with Crippen molar-refractivity contribution in [1.29, 1.82) is 0 Å². The van der Waals surface area contributed by atoms with E-state index in [1.54, 1.807) is 0 Å². The Bertz CT molecular complexity index is 1010. The standard InChI is InChI=1S/C19H12N4/c20-23-22-14-11-9-13(10-12-14)19-15-5-1-3-7-17(15)21-18-8-4-2-6-16(18)19/h1-12H. The minimum absolute atomic E-state index is 0.610. The summed E-state index contributed by atoms with van der Waals surface area (Å²) in [4.78, 5) is 7.57. The highest BCUT2D eigenvalue weighted by molar-refractivity contribution is 6.09. The molecule has 0 unspecified atom stereocenters. The van der Waals surface area contributed by atoms with Crippen molar-refractivity contribution in [2.24, 2.45) is 5.11 Å². The van der Waals surface area contributed by atoms with E-state index in [0.717, 1.165) is 32.9 Å². The van der Waals surface area contributed by atoms with Gasteiger partial charge >= 0.3 is 0 Å². The number of azide groups is 1. The van der Waals surface area contributed by atoms with Gasteiger partial charge in [-0.25, -0.2) is 4.98 Å². The second-order valence-corrected chi connectivity index (χ2v) is 5.26. The molecule has 4 rings (SSSR count). The molecule has 0 aliphatic rings. The lowest BCUT2D eigenvalue weighted by atomic mass is 9.96. The van der Waals surface area contributed by atoms with E-state index in [4.69, 9.17) is 10.5 Å². The number of fused-ring (bicyclic) bond motifs is 2. The third kappa shape index (κ3) is 2.27. The number of hydrogen-bond donors (Lipinski definition) is 0. The highest BCUT2D eigenvalue weighted by Gasteiger charge is 2.10. The van der Waals surface area contributed by atoms with E-state index in [1.807, 2.05) is 60.7 Å². The van der Waals surface area contributed by atoms with Crippen molar-refractivity contribution in [2.75, 3.05) is 0 Å². The van der Waals surface area contributed by atoms with Gasteiger partial charge in [0.1, 0.15) is 0 Å². The molecule has 0 amide bonds. The summed E-state index contributed by atoms with van der Waals surface area (Å²) in [7, 11) is 0. The third-order valence-electron chi connectivity index (χ3n) is 3.90. The molecule has 0 aliphatic carbocycles. The number of nitrogens with zero attached hydrogens (tertiary/aromatic N) is 4. The first-order chi connectivity index (χ1) is 11.4. The number of benzene rings is 3. The Kier molecular flexibility index (Phi) is 3.15. The molecule has 0 bridgehead atoms. The molecular weight excluding hydrogens is 284 g/mol. The van der Waals surface area contributed by atoms with Crippen LogP contribution in [0.5, 0.6) is 0 Å². The van der Waals surface area contributed by atoms with E-state index >= 15 is 0 Å². The van der Waals surface area contributed by atoms with E-state index in [2.05, 4.69) is 22.2 Å². The van der Waals surface area contributed by atoms with Crippen LogP contribution in [0.2, 0.25) is 0 Å². The molecule has 0 aliphatic heterocycles. The third-order valence-corrected chi connectivity index (χ3v) is 3.90. The lowest BCUT2D eigenvalue weighted by molar-refractivity contribution is 1.47. The molecular formula is C19H12N4. The molecule has 1 heterocycles. The van der Waals surface area contributed by atoms with Crippen LogP contribution >= 0.6 is 0 Å². The Balaban J connectivity index is 2.08. The topological polar surface area (TPSA) is 61.7 Å². The zero-order chi connectivity index (χ0) is 15.6. The molecule has 0 saturated heterocycles. The zero-order valence-electron chi connectivity index (χ0n) is 12.2. The maximum absolute atomic E-state index is 8.54. The van der Waals surface area contributed by atoms with E-state index in [-0.39, 0.29) is 0 Å². The van der Waals surface area contributed by atoms with Crippen LogP contribution in [-0.4, -0.2) is 4.98 Å². The van der Waals surface area contributed by atoms with Crippen molar-refractivity contribution in [3.8, 4) is 11.1 Å². The number of aromatic nitrogens is 1. The number of hydrogen-bond acceptors (Lipinski definition) is 2. The van der Waals surface area contributed by atoms with Gasteiger partial charge in [0, 0.05) is 26.9 Å².